The molecule has 0 aromatic heterocycles. The molecule has 0 atom stereocenters. The molecule has 0 bridgehead atoms. The number of benzene rings is 1. The van der Waals surface area contributed by atoms with E-state index in [0.29, 0.717) is 13.2 Å². The predicted molar refractivity (Wildman–Crippen MR) is 77.1 cm³/mol. The summed E-state index contributed by atoms with van der Waals surface area (Å²) in [7, 11) is 1.69. The van der Waals surface area contributed by atoms with Gasteiger partial charge < -0.3 is 15.2 Å². The highest BCUT2D eigenvalue weighted by Crippen LogP contribution is 2.21. The SMILES string of the molecule is COCCOCCCN1CCc2ccc(N)cc2C1. The van der Waals surface area contributed by atoms with E-state index in [1.165, 1.54) is 11.1 Å². The Labute approximate surface area is 115 Å². The molecule has 2 N–H and O–H groups in total. The molecule has 0 radical (unpaired) electrons. The van der Waals surface area contributed by atoms with E-state index in [0.717, 1.165) is 44.8 Å². The van der Waals surface area contributed by atoms with Gasteiger partial charge in [-0.25, -0.2) is 0 Å². The number of fused-ring (bicyclic) bond motifs is 1. The summed E-state index contributed by atoms with van der Waals surface area (Å²) >= 11 is 0. The van der Waals surface area contributed by atoms with Crippen molar-refractivity contribution in [1.29, 1.82) is 0 Å². The van der Waals surface area contributed by atoms with Gasteiger partial charge in [-0.2, -0.15) is 0 Å². The molecule has 0 fully saturated rings. The van der Waals surface area contributed by atoms with Gasteiger partial charge in [-0.05, 0) is 36.1 Å². The molecule has 2 rings (SSSR count). The maximum atomic E-state index is 5.85. The van der Waals surface area contributed by atoms with Crippen LogP contribution in [0.4, 0.5) is 5.69 Å². The van der Waals surface area contributed by atoms with Crippen molar-refractivity contribution in [2.24, 2.45) is 0 Å². The number of anilines is 1. The molecule has 106 valence electrons. The second kappa shape index (κ2) is 7.48. The van der Waals surface area contributed by atoms with Gasteiger partial charge >= 0.3 is 0 Å². The topological polar surface area (TPSA) is 47.7 Å². The summed E-state index contributed by atoms with van der Waals surface area (Å²) in [6.45, 7) is 5.41. The maximum absolute atomic E-state index is 5.85. The second-order valence-corrected chi connectivity index (χ2v) is 5.01. The van der Waals surface area contributed by atoms with Crippen molar-refractivity contribution < 1.29 is 9.47 Å². The highest BCUT2D eigenvalue weighted by Gasteiger charge is 2.15. The van der Waals surface area contributed by atoms with E-state index in [4.69, 9.17) is 15.2 Å². The van der Waals surface area contributed by atoms with Crippen LogP contribution >= 0.6 is 0 Å². The van der Waals surface area contributed by atoms with E-state index < -0.39 is 0 Å². The number of nitrogen functional groups attached to an aromatic ring is 1. The molecule has 1 aliphatic rings. The summed E-state index contributed by atoms with van der Waals surface area (Å²) in [5.41, 5.74) is 9.54. The lowest BCUT2D eigenvalue weighted by molar-refractivity contribution is 0.0646. The van der Waals surface area contributed by atoms with Gasteiger partial charge in [-0.1, -0.05) is 6.07 Å². The van der Waals surface area contributed by atoms with Crippen LogP contribution in [0, 0.1) is 0 Å². The molecule has 4 heteroatoms. The third kappa shape index (κ3) is 4.49. The Hall–Kier alpha value is -1.10. The van der Waals surface area contributed by atoms with Crippen LogP contribution in [0.3, 0.4) is 0 Å². The minimum Gasteiger partial charge on any atom is -0.399 e. The summed E-state index contributed by atoms with van der Waals surface area (Å²) in [5.74, 6) is 0. The molecule has 0 saturated carbocycles. The molecule has 0 aliphatic carbocycles. The molecule has 0 amide bonds. The molecular formula is C15H24N2O2. The van der Waals surface area contributed by atoms with E-state index in [1.54, 1.807) is 7.11 Å². The highest BCUT2D eigenvalue weighted by molar-refractivity contribution is 5.45. The smallest absolute Gasteiger partial charge is 0.0700 e. The molecule has 4 nitrogen and oxygen atoms in total. The number of ether oxygens (including phenoxy) is 2. The van der Waals surface area contributed by atoms with Crippen LogP contribution in [-0.4, -0.2) is 44.9 Å². The van der Waals surface area contributed by atoms with Crippen LogP contribution in [0.15, 0.2) is 18.2 Å². The lowest BCUT2D eigenvalue weighted by Gasteiger charge is -2.28. The standard InChI is InChI=1S/C15H24N2O2/c1-18-9-10-19-8-2-6-17-7-5-13-3-4-15(16)11-14(13)12-17/h3-4,11H,2,5-10,12,16H2,1H3. The molecule has 0 saturated heterocycles. The average molecular weight is 264 g/mol. The quantitative estimate of drug-likeness (QED) is 0.601. The first-order valence-corrected chi connectivity index (χ1v) is 6.96. The van der Waals surface area contributed by atoms with Crippen molar-refractivity contribution in [2.75, 3.05) is 45.8 Å². The van der Waals surface area contributed by atoms with Gasteiger partial charge in [-0.15, -0.1) is 0 Å². The molecule has 1 aromatic rings. The third-order valence-electron chi connectivity index (χ3n) is 3.52. The third-order valence-corrected chi connectivity index (χ3v) is 3.52. The minimum absolute atomic E-state index is 0.677. The number of hydrogen-bond acceptors (Lipinski definition) is 4. The zero-order valence-corrected chi connectivity index (χ0v) is 11.7. The summed E-state index contributed by atoms with van der Waals surface area (Å²) in [6, 6.07) is 6.27. The van der Waals surface area contributed by atoms with Crippen LogP contribution in [0.2, 0.25) is 0 Å². The van der Waals surface area contributed by atoms with Crippen molar-refractivity contribution in [1.82, 2.24) is 4.90 Å². The summed E-state index contributed by atoms with van der Waals surface area (Å²) < 4.78 is 10.4. The number of methoxy groups -OCH3 is 1. The number of hydrogen-bond donors (Lipinski definition) is 1. The molecule has 1 aliphatic heterocycles. The summed E-state index contributed by atoms with van der Waals surface area (Å²) in [6.07, 6.45) is 2.20. The Morgan fingerprint density at radius 1 is 1.21 bits per heavy atom. The van der Waals surface area contributed by atoms with Gasteiger partial charge in [0.1, 0.15) is 0 Å². The lowest BCUT2D eigenvalue weighted by Crippen LogP contribution is -2.32. The van der Waals surface area contributed by atoms with Crippen LogP contribution in [0.1, 0.15) is 17.5 Å². The molecule has 19 heavy (non-hydrogen) atoms. The van der Waals surface area contributed by atoms with Crippen LogP contribution in [-0.2, 0) is 22.4 Å². The normalized spacial score (nSPS) is 15.4. The Morgan fingerprint density at radius 3 is 2.95 bits per heavy atom. The van der Waals surface area contributed by atoms with Gasteiger partial charge in [0.15, 0.2) is 0 Å². The Morgan fingerprint density at radius 2 is 2.11 bits per heavy atom. The zero-order chi connectivity index (χ0) is 13.5. The Bertz CT molecular complexity index is 396. The molecule has 1 heterocycles. The van der Waals surface area contributed by atoms with Gasteiger partial charge in [0.05, 0.1) is 13.2 Å². The van der Waals surface area contributed by atoms with Crippen LogP contribution in [0.5, 0.6) is 0 Å². The number of rotatable bonds is 7. The van der Waals surface area contributed by atoms with Gasteiger partial charge in [0, 0.05) is 39.0 Å². The van der Waals surface area contributed by atoms with Crippen molar-refractivity contribution in [3.63, 3.8) is 0 Å². The van der Waals surface area contributed by atoms with Crippen molar-refractivity contribution in [2.45, 2.75) is 19.4 Å². The van der Waals surface area contributed by atoms with Gasteiger partial charge in [0.2, 0.25) is 0 Å². The van der Waals surface area contributed by atoms with Crippen molar-refractivity contribution in [3.05, 3.63) is 29.3 Å². The van der Waals surface area contributed by atoms with E-state index in [9.17, 15) is 0 Å². The van der Waals surface area contributed by atoms with Gasteiger partial charge in [-0.3, -0.25) is 4.90 Å². The van der Waals surface area contributed by atoms with E-state index in [2.05, 4.69) is 17.0 Å². The molecular weight excluding hydrogens is 240 g/mol. The van der Waals surface area contributed by atoms with E-state index in [1.807, 2.05) is 6.07 Å². The fraction of sp³-hybridized carbons (Fsp3) is 0.600. The molecule has 0 unspecified atom stereocenters. The first-order chi connectivity index (χ1) is 9.29. The highest BCUT2D eigenvalue weighted by atomic mass is 16.5. The maximum Gasteiger partial charge on any atom is 0.0700 e. The number of nitrogens with two attached hydrogens (primary N) is 1. The zero-order valence-electron chi connectivity index (χ0n) is 11.7. The van der Waals surface area contributed by atoms with Crippen molar-refractivity contribution >= 4 is 5.69 Å². The number of nitrogens with zero attached hydrogens (tertiary/aromatic N) is 1. The second-order valence-electron chi connectivity index (χ2n) is 5.01. The fourth-order valence-corrected chi connectivity index (χ4v) is 2.46. The summed E-state index contributed by atoms with van der Waals surface area (Å²) in [5, 5.41) is 0. The van der Waals surface area contributed by atoms with Crippen LogP contribution in [0.25, 0.3) is 0 Å². The van der Waals surface area contributed by atoms with E-state index in [-0.39, 0.29) is 0 Å². The Kier molecular flexibility index (Phi) is 5.63. The van der Waals surface area contributed by atoms with Crippen LogP contribution < -0.4 is 5.73 Å². The first-order valence-electron chi connectivity index (χ1n) is 6.96. The first kappa shape index (κ1) is 14.3. The Balaban J connectivity index is 1.70. The van der Waals surface area contributed by atoms with Gasteiger partial charge in [0.25, 0.3) is 0 Å². The molecule has 1 aromatic carbocycles. The minimum atomic E-state index is 0.677. The molecule has 0 spiro atoms. The van der Waals surface area contributed by atoms with E-state index >= 15 is 0 Å². The average Bonchev–Trinajstić information content (AvgIpc) is 2.42. The van der Waals surface area contributed by atoms with Crippen molar-refractivity contribution in [3.8, 4) is 0 Å². The fourth-order valence-electron chi connectivity index (χ4n) is 2.46. The largest absolute Gasteiger partial charge is 0.399 e. The lowest BCUT2D eigenvalue weighted by atomic mass is 9.99. The summed E-state index contributed by atoms with van der Waals surface area (Å²) in [4.78, 5) is 2.47. The monoisotopic (exact) mass is 264 g/mol. The predicted octanol–water partition coefficient (Wildman–Crippen LogP) is 1.68.